The van der Waals surface area contributed by atoms with E-state index in [9.17, 15) is 4.79 Å². The topological polar surface area (TPSA) is 17.1 Å². The highest BCUT2D eigenvalue weighted by molar-refractivity contribution is 5.80. The molecule has 0 amide bonds. The minimum atomic E-state index is 0.171. The summed E-state index contributed by atoms with van der Waals surface area (Å²) < 4.78 is 0. The summed E-state index contributed by atoms with van der Waals surface area (Å²) >= 11 is 0. The van der Waals surface area contributed by atoms with Gasteiger partial charge in [0, 0.05) is 12.8 Å². The zero-order chi connectivity index (χ0) is 9.19. The zero-order valence-electron chi connectivity index (χ0n) is 8.31. The van der Waals surface area contributed by atoms with Gasteiger partial charge in [-0.1, -0.05) is 18.6 Å². The number of hydrogen-bond donors (Lipinski definition) is 0. The van der Waals surface area contributed by atoms with Gasteiger partial charge in [-0.15, -0.1) is 0 Å². The highest BCUT2D eigenvalue weighted by atomic mass is 16.1. The smallest absolute Gasteiger partial charge is 0.133 e. The Balaban J connectivity index is 2.76. The average molecular weight is 166 g/mol. The van der Waals surface area contributed by atoms with Crippen LogP contribution < -0.4 is 0 Å². The number of ketones is 1. The maximum absolute atomic E-state index is 11.3. The highest BCUT2D eigenvalue weighted by Gasteiger charge is 2.31. The van der Waals surface area contributed by atoms with Crippen LogP contribution >= 0.6 is 0 Å². The summed E-state index contributed by atoms with van der Waals surface area (Å²) in [6.07, 6.45) is 5.93. The van der Waals surface area contributed by atoms with Crippen LogP contribution in [0.1, 0.15) is 46.5 Å². The molecule has 0 heterocycles. The van der Waals surface area contributed by atoms with E-state index < -0.39 is 0 Å². The molecule has 12 heavy (non-hydrogen) atoms. The molecular formula is C11H18O. The molecular weight excluding hydrogens is 148 g/mol. The molecule has 1 rings (SSSR count). The van der Waals surface area contributed by atoms with Crippen LogP contribution in [0, 0.1) is 5.41 Å². The molecule has 0 aliphatic heterocycles. The number of rotatable bonds is 1. The second-order valence-electron chi connectivity index (χ2n) is 4.10. The lowest BCUT2D eigenvalue weighted by Crippen LogP contribution is -2.26. The summed E-state index contributed by atoms with van der Waals surface area (Å²) in [5.41, 5.74) is 1.54. The van der Waals surface area contributed by atoms with Crippen LogP contribution in [0.3, 0.4) is 0 Å². The van der Waals surface area contributed by atoms with E-state index in [1.807, 2.05) is 0 Å². The van der Waals surface area contributed by atoms with E-state index in [0.717, 1.165) is 19.3 Å². The second kappa shape index (κ2) is 3.42. The predicted molar refractivity (Wildman–Crippen MR) is 51.0 cm³/mol. The van der Waals surface area contributed by atoms with Gasteiger partial charge in [0.05, 0.1) is 0 Å². The highest BCUT2D eigenvalue weighted by Crippen LogP contribution is 2.40. The third-order valence-electron chi connectivity index (χ3n) is 3.16. The molecule has 0 aromatic rings. The van der Waals surface area contributed by atoms with Crippen LogP contribution in [0.2, 0.25) is 0 Å². The molecule has 1 nitrogen and oxygen atoms in total. The lowest BCUT2D eigenvalue weighted by molar-refractivity contribution is -0.122. The summed E-state index contributed by atoms with van der Waals surface area (Å²) in [7, 11) is 0. The summed E-state index contributed by atoms with van der Waals surface area (Å²) in [6.45, 7) is 6.40. The van der Waals surface area contributed by atoms with Crippen LogP contribution in [0.15, 0.2) is 11.6 Å². The minimum absolute atomic E-state index is 0.171. The number of allylic oxidation sites excluding steroid dienone is 2. The van der Waals surface area contributed by atoms with Crippen molar-refractivity contribution in [1.29, 1.82) is 0 Å². The Kier molecular flexibility index (Phi) is 2.71. The first-order valence-electron chi connectivity index (χ1n) is 4.73. The summed E-state index contributed by atoms with van der Waals surface area (Å²) in [5.74, 6) is 0.435. The fraction of sp³-hybridized carbons (Fsp3) is 0.727. The van der Waals surface area contributed by atoms with E-state index in [0.29, 0.717) is 5.78 Å². The Morgan fingerprint density at radius 2 is 2.25 bits per heavy atom. The van der Waals surface area contributed by atoms with E-state index in [4.69, 9.17) is 0 Å². The Morgan fingerprint density at radius 1 is 1.58 bits per heavy atom. The van der Waals surface area contributed by atoms with Crippen molar-refractivity contribution in [3.63, 3.8) is 0 Å². The van der Waals surface area contributed by atoms with E-state index in [1.54, 1.807) is 0 Å². The van der Waals surface area contributed by atoms with Gasteiger partial charge in [0.25, 0.3) is 0 Å². The number of carbonyl (C=O) groups is 1. The van der Waals surface area contributed by atoms with Gasteiger partial charge in [-0.25, -0.2) is 0 Å². The van der Waals surface area contributed by atoms with E-state index >= 15 is 0 Å². The Bertz CT molecular complexity index is 215. The summed E-state index contributed by atoms with van der Waals surface area (Å²) in [5, 5.41) is 0. The van der Waals surface area contributed by atoms with Crippen molar-refractivity contribution in [1.82, 2.24) is 0 Å². The molecule has 0 N–H and O–H groups in total. The van der Waals surface area contributed by atoms with Crippen LogP contribution in [0.5, 0.6) is 0 Å². The normalized spacial score (nSPS) is 32.2. The third kappa shape index (κ3) is 1.77. The molecule has 0 saturated heterocycles. The fourth-order valence-corrected chi connectivity index (χ4v) is 1.97. The lowest BCUT2D eigenvalue weighted by Gasteiger charge is -2.33. The maximum atomic E-state index is 11.3. The summed E-state index contributed by atoms with van der Waals surface area (Å²) in [6, 6.07) is 0. The molecule has 0 aromatic carbocycles. The van der Waals surface area contributed by atoms with Crippen molar-refractivity contribution in [2.75, 3.05) is 0 Å². The Hall–Kier alpha value is -0.590. The Morgan fingerprint density at radius 3 is 2.75 bits per heavy atom. The molecule has 1 saturated carbocycles. The van der Waals surface area contributed by atoms with Crippen molar-refractivity contribution in [2.24, 2.45) is 5.41 Å². The van der Waals surface area contributed by atoms with Crippen molar-refractivity contribution < 1.29 is 4.79 Å². The van der Waals surface area contributed by atoms with Crippen LogP contribution in [-0.2, 0) is 4.79 Å². The number of carbonyl (C=O) groups excluding carboxylic acids is 1. The molecule has 1 heteroatoms. The molecule has 68 valence electrons. The zero-order valence-corrected chi connectivity index (χ0v) is 8.31. The Labute approximate surface area is 74.9 Å². The molecule has 1 aliphatic rings. The van der Waals surface area contributed by atoms with Gasteiger partial charge >= 0.3 is 0 Å². The molecule has 0 bridgehead atoms. The number of hydrogen-bond acceptors (Lipinski definition) is 1. The lowest BCUT2D eigenvalue weighted by atomic mass is 9.70. The average Bonchev–Trinajstić information content (AvgIpc) is 2.02. The summed E-state index contributed by atoms with van der Waals surface area (Å²) in [4.78, 5) is 11.3. The second-order valence-corrected chi connectivity index (χ2v) is 4.10. The molecule has 0 unspecified atom stereocenters. The predicted octanol–water partition coefficient (Wildman–Crippen LogP) is 3.10. The van der Waals surface area contributed by atoms with Gasteiger partial charge in [0.1, 0.15) is 5.78 Å². The van der Waals surface area contributed by atoms with Gasteiger partial charge in [-0.05, 0) is 32.1 Å². The first kappa shape index (κ1) is 9.50. The van der Waals surface area contributed by atoms with Crippen LogP contribution in [0.4, 0.5) is 0 Å². The molecule has 1 fully saturated rings. The minimum Gasteiger partial charge on any atom is -0.300 e. The monoisotopic (exact) mass is 166 g/mol. The van der Waals surface area contributed by atoms with Crippen molar-refractivity contribution in [3.05, 3.63) is 11.6 Å². The van der Waals surface area contributed by atoms with Crippen LogP contribution in [0.25, 0.3) is 0 Å². The van der Waals surface area contributed by atoms with Gasteiger partial charge in [-0.3, -0.25) is 4.79 Å². The van der Waals surface area contributed by atoms with Crippen molar-refractivity contribution >= 4 is 5.78 Å². The molecule has 1 atom stereocenters. The van der Waals surface area contributed by atoms with Crippen molar-refractivity contribution in [2.45, 2.75) is 46.5 Å². The first-order chi connectivity index (χ1) is 5.58. The van der Waals surface area contributed by atoms with Crippen molar-refractivity contribution in [3.8, 4) is 0 Å². The maximum Gasteiger partial charge on any atom is 0.133 e. The van der Waals surface area contributed by atoms with Gasteiger partial charge in [0.2, 0.25) is 0 Å². The van der Waals surface area contributed by atoms with E-state index in [-0.39, 0.29) is 5.41 Å². The van der Waals surface area contributed by atoms with E-state index in [2.05, 4.69) is 26.8 Å². The third-order valence-corrected chi connectivity index (χ3v) is 3.16. The number of Topliss-reactive ketones (excluding diaryl/α,β-unsaturated/α-hetero) is 1. The quantitative estimate of drug-likeness (QED) is 0.547. The largest absolute Gasteiger partial charge is 0.300 e. The first-order valence-corrected chi connectivity index (χ1v) is 4.73. The molecule has 1 aliphatic carbocycles. The molecule has 0 radical (unpaired) electrons. The SMILES string of the molecule is C/C=C(/C)[C@@]1(C)CCCC(=O)C1. The standard InChI is InChI=1S/C11H18O/c1-4-9(2)11(3)7-5-6-10(12)8-11/h4H,5-8H2,1-3H3/b9-4-/t11-/m0/s1. The van der Waals surface area contributed by atoms with Gasteiger partial charge < -0.3 is 0 Å². The van der Waals surface area contributed by atoms with Crippen LogP contribution in [-0.4, -0.2) is 5.78 Å². The van der Waals surface area contributed by atoms with Gasteiger partial charge in [0.15, 0.2) is 0 Å². The molecule has 0 aromatic heterocycles. The van der Waals surface area contributed by atoms with E-state index in [1.165, 1.54) is 12.0 Å². The fourth-order valence-electron chi connectivity index (χ4n) is 1.97. The molecule has 0 spiro atoms. The van der Waals surface area contributed by atoms with Gasteiger partial charge in [-0.2, -0.15) is 0 Å².